The zero-order chi connectivity index (χ0) is 8.48. The number of nitrogens with zero attached hydrogens (tertiary/aromatic N) is 1. The predicted octanol–water partition coefficient (Wildman–Crippen LogP) is 1.25. The van der Waals surface area contributed by atoms with Crippen LogP contribution in [0.5, 0.6) is 0 Å². The fourth-order valence-corrected chi connectivity index (χ4v) is 2.68. The summed E-state index contributed by atoms with van der Waals surface area (Å²) in [5, 5.41) is 7.97. The lowest BCUT2D eigenvalue weighted by Gasteiger charge is -2.01. The molecule has 3 nitrogen and oxygen atoms in total. The minimum Gasteiger partial charge on any atom is -0.212 e. The van der Waals surface area contributed by atoms with E-state index in [1.807, 2.05) is 6.07 Å². The lowest BCUT2D eigenvalue weighted by Crippen LogP contribution is -2.11. The highest BCUT2D eigenvalue weighted by Gasteiger charge is 2.32. The third kappa shape index (κ3) is 2.08. The molecule has 0 amide bonds. The van der Waals surface area contributed by atoms with Crippen molar-refractivity contribution in [3.63, 3.8) is 0 Å². The number of nitriles is 1. The van der Waals surface area contributed by atoms with Crippen LogP contribution in [0.1, 0.15) is 19.3 Å². The quantitative estimate of drug-likeness (QED) is 0.589. The van der Waals surface area contributed by atoms with Crippen molar-refractivity contribution in [3.8, 4) is 6.07 Å². The summed E-state index contributed by atoms with van der Waals surface area (Å²) in [6.07, 6.45) is 1.60. The molecule has 0 heterocycles. The van der Waals surface area contributed by atoms with Gasteiger partial charge in [-0.25, -0.2) is 8.42 Å². The summed E-state index contributed by atoms with van der Waals surface area (Å²) in [4.78, 5) is 0. The second-order valence-electron chi connectivity index (χ2n) is 2.74. The van der Waals surface area contributed by atoms with Gasteiger partial charge in [0.25, 0.3) is 0 Å². The van der Waals surface area contributed by atoms with E-state index in [0.29, 0.717) is 19.3 Å². The van der Waals surface area contributed by atoms with Gasteiger partial charge in [0.15, 0.2) is 0 Å². The van der Waals surface area contributed by atoms with Gasteiger partial charge in [-0.1, -0.05) is 0 Å². The summed E-state index contributed by atoms with van der Waals surface area (Å²) < 4.78 is 21.5. The summed E-state index contributed by atoms with van der Waals surface area (Å²) in [6, 6.07) is 2.04. The molecule has 0 saturated heterocycles. The van der Waals surface area contributed by atoms with Crippen molar-refractivity contribution in [2.24, 2.45) is 5.92 Å². The number of hydrogen-bond donors (Lipinski definition) is 0. The summed E-state index contributed by atoms with van der Waals surface area (Å²) in [5.74, 6) is -0.117. The molecule has 0 radical (unpaired) electrons. The van der Waals surface area contributed by atoms with E-state index in [0.717, 1.165) is 0 Å². The molecule has 62 valence electrons. The van der Waals surface area contributed by atoms with Crippen LogP contribution >= 0.6 is 10.7 Å². The van der Waals surface area contributed by atoms with Gasteiger partial charge in [0.05, 0.1) is 11.3 Å². The van der Waals surface area contributed by atoms with Crippen molar-refractivity contribution >= 4 is 19.7 Å². The number of rotatable bonds is 1. The first-order valence-electron chi connectivity index (χ1n) is 3.37. The summed E-state index contributed by atoms with van der Waals surface area (Å²) in [6.45, 7) is 0. The van der Waals surface area contributed by atoms with Gasteiger partial charge in [-0.3, -0.25) is 0 Å². The van der Waals surface area contributed by atoms with Gasteiger partial charge >= 0.3 is 0 Å². The minimum atomic E-state index is -3.42. The van der Waals surface area contributed by atoms with E-state index in [2.05, 4.69) is 0 Å². The van der Waals surface area contributed by atoms with E-state index < -0.39 is 14.3 Å². The van der Waals surface area contributed by atoms with Crippen molar-refractivity contribution in [1.82, 2.24) is 0 Å². The monoisotopic (exact) mass is 193 g/mol. The fraction of sp³-hybridized carbons (Fsp3) is 0.833. The molecule has 0 aliphatic heterocycles. The Bertz CT molecular complexity index is 279. The molecule has 11 heavy (non-hydrogen) atoms. The third-order valence-electron chi connectivity index (χ3n) is 1.97. The molecule has 0 aromatic carbocycles. The van der Waals surface area contributed by atoms with E-state index in [-0.39, 0.29) is 5.92 Å². The molecule has 1 aliphatic rings. The zero-order valence-corrected chi connectivity index (χ0v) is 7.40. The topological polar surface area (TPSA) is 57.9 Å². The zero-order valence-electron chi connectivity index (χ0n) is 5.83. The standard InChI is InChI=1S/C6H8ClNO2S/c7-11(9,10)6-2-1-5(3-6)4-8/h5-6H,1-3H2/t5-,6+/m1/s1. The maximum atomic E-state index is 10.8. The molecule has 0 aromatic rings. The van der Waals surface area contributed by atoms with E-state index >= 15 is 0 Å². The Labute approximate surface area is 70.4 Å². The van der Waals surface area contributed by atoms with Gasteiger partial charge in [0, 0.05) is 16.6 Å². The lowest BCUT2D eigenvalue weighted by molar-refractivity contribution is 0.592. The van der Waals surface area contributed by atoms with Crippen molar-refractivity contribution in [3.05, 3.63) is 0 Å². The van der Waals surface area contributed by atoms with Crippen LogP contribution in [0.4, 0.5) is 0 Å². The van der Waals surface area contributed by atoms with E-state index in [4.69, 9.17) is 15.9 Å². The molecule has 0 N–H and O–H groups in total. The predicted molar refractivity (Wildman–Crippen MR) is 41.5 cm³/mol. The molecule has 2 atom stereocenters. The Morgan fingerprint density at radius 3 is 2.36 bits per heavy atom. The van der Waals surface area contributed by atoms with Crippen molar-refractivity contribution in [2.75, 3.05) is 0 Å². The van der Waals surface area contributed by atoms with Crippen LogP contribution in [0.2, 0.25) is 0 Å². The first kappa shape index (κ1) is 8.82. The Hall–Kier alpha value is -0.270. The van der Waals surface area contributed by atoms with Gasteiger partial charge in [-0.2, -0.15) is 5.26 Å². The van der Waals surface area contributed by atoms with E-state index in [1.54, 1.807) is 0 Å². The first-order chi connectivity index (χ1) is 5.04. The Morgan fingerprint density at radius 1 is 1.45 bits per heavy atom. The summed E-state index contributed by atoms with van der Waals surface area (Å²) in [5.41, 5.74) is 0. The van der Waals surface area contributed by atoms with Gasteiger partial charge in [-0.15, -0.1) is 0 Å². The SMILES string of the molecule is N#C[C@@H]1CC[C@H](S(=O)(=O)Cl)C1. The second kappa shape index (κ2) is 3.00. The Morgan fingerprint density at radius 2 is 2.09 bits per heavy atom. The van der Waals surface area contributed by atoms with Crippen LogP contribution in [0.15, 0.2) is 0 Å². The molecule has 1 aliphatic carbocycles. The highest BCUT2D eigenvalue weighted by atomic mass is 35.7. The van der Waals surface area contributed by atoms with E-state index in [9.17, 15) is 8.42 Å². The average Bonchev–Trinajstić information content (AvgIpc) is 2.32. The molecule has 1 rings (SSSR count). The maximum absolute atomic E-state index is 10.8. The highest BCUT2D eigenvalue weighted by molar-refractivity contribution is 8.14. The summed E-state index contributed by atoms with van der Waals surface area (Å²) in [7, 11) is 1.70. The molecule has 0 spiro atoms. The van der Waals surface area contributed by atoms with Crippen molar-refractivity contribution < 1.29 is 8.42 Å². The van der Waals surface area contributed by atoms with Gasteiger partial charge in [-0.05, 0) is 19.3 Å². The average molecular weight is 194 g/mol. The second-order valence-corrected chi connectivity index (χ2v) is 5.64. The molecule has 5 heteroatoms. The van der Waals surface area contributed by atoms with Crippen LogP contribution in [-0.2, 0) is 9.05 Å². The first-order valence-corrected chi connectivity index (χ1v) is 5.74. The fourth-order valence-electron chi connectivity index (χ4n) is 1.31. The molecule has 0 unspecified atom stereocenters. The Balaban J connectivity index is 2.64. The maximum Gasteiger partial charge on any atom is 0.235 e. The van der Waals surface area contributed by atoms with Crippen LogP contribution in [0, 0.1) is 17.2 Å². The van der Waals surface area contributed by atoms with E-state index in [1.165, 1.54) is 0 Å². The van der Waals surface area contributed by atoms with Gasteiger partial charge in [0.2, 0.25) is 9.05 Å². The van der Waals surface area contributed by atoms with Gasteiger partial charge in [0.1, 0.15) is 0 Å². The largest absolute Gasteiger partial charge is 0.235 e. The molecule has 1 saturated carbocycles. The van der Waals surface area contributed by atoms with Crippen molar-refractivity contribution in [2.45, 2.75) is 24.5 Å². The van der Waals surface area contributed by atoms with Crippen LogP contribution in [-0.4, -0.2) is 13.7 Å². The molecular weight excluding hydrogens is 186 g/mol. The number of hydrogen-bond acceptors (Lipinski definition) is 3. The molecular formula is C6H8ClNO2S. The molecule has 0 aromatic heterocycles. The lowest BCUT2D eigenvalue weighted by atomic mass is 10.1. The minimum absolute atomic E-state index is 0.117. The van der Waals surface area contributed by atoms with Crippen LogP contribution in [0.3, 0.4) is 0 Å². The molecule has 1 fully saturated rings. The highest BCUT2D eigenvalue weighted by Crippen LogP contribution is 2.31. The van der Waals surface area contributed by atoms with Crippen molar-refractivity contribution in [1.29, 1.82) is 5.26 Å². The molecule has 0 bridgehead atoms. The van der Waals surface area contributed by atoms with Gasteiger partial charge < -0.3 is 0 Å². The normalized spacial score (nSPS) is 31.6. The van der Waals surface area contributed by atoms with Crippen LogP contribution < -0.4 is 0 Å². The summed E-state index contributed by atoms with van der Waals surface area (Å²) >= 11 is 0. The van der Waals surface area contributed by atoms with Crippen LogP contribution in [0.25, 0.3) is 0 Å². The smallest absolute Gasteiger partial charge is 0.212 e. The third-order valence-corrected chi connectivity index (χ3v) is 3.95. The Kier molecular flexibility index (Phi) is 2.40. The number of halogens is 1.